The smallest absolute Gasteiger partial charge is 0.249 e. The van der Waals surface area contributed by atoms with E-state index >= 15 is 0 Å². The number of hydrogen-bond acceptors (Lipinski definition) is 4. The highest BCUT2D eigenvalue weighted by molar-refractivity contribution is 6.33. The Labute approximate surface area is 168 Å². The maximum absolute atomic E-state index is 14.1. The third kappa shape index (κ3) is 4.03. The van der Waals surface area contributed by atoms with Crippen LogP contribution in [0, 0.1) is 23.1 Å². The van der Waals surface area contributed by atoms with E-state index in [1.54, 1.807) is 6.92 Å². The van der Waals surface area contributed by atoms with Gasteiger partial charge < -0.3 is 16.0 Å². The summed E-state index contributed by atoms with van der Waals surface area (Å²) >= 11 is 6.51. The fourth-order valence-corrected chi connectivity index (χ4v) is 4.38. The summed E-state index contributed by atoms with van der Waals surface area (Å²) in [5, 5.41) is 18.2. The van der Waals surface area contributed by atoms with Crippen molar-refractivity contribution in [3.8, 4) is 6.07 Å². The fraction of sp³-hybridized carbons (Fsp3) is 0.450. The second-order valence-corrected chi connectivity index (χ2v) is 7.68. The van der Waals surface area contributed by atoms with Gasteiger partial charge in [-0.25, -0.2) is 4.39 Å². The van der Waals surface area contributed by atoms with E-state index in [9.17, 15) is 14.0 Å². The van der Waals surface area contributed by atoms with Crippen LogP contribution in [0.3, 0.4) is 0 Å². The fourth-order valence-electron chi connectivity index (χ4n) is 3.89. The van der Waals surface area contributed by atoms with Gasteiger partial charge in [-0.05, 0) is 38.9 Å². The van der Waals surface area contributed by atoms with Gasteiger partial charge in [0.15, 0.2) is 0 Å². The Balaban J connectivity index is 1.72. The lowest BCUT2D eigenvalue weighted by atomic mass is 9.82. The highest BCUT2D eigenvalue weighted by Crippen LogP contribution is 2.34. The van der Waals surface area contributed by atoms with Crippen LogP contribution in [0.1, 0.15) is 43.9 Å². The van der Waals surface area contributed by atoms with Gasteiger partial charge in [0.05, 0.1) is 24.1 Å². The Hall–Kier alpha value is -2.43. The molecule has 6 nitrogen and oxygen atoms in total. The number of piperidine rings is 1. The van der Waals surface area contributed by atoms with Gasteiger partial charge >= 0.3 is 0 Å². The van der Waals surface area contributed by atoms with Crippen LogP contribution in [0.2, 0.25) is 0 Å². The maximum atomic E-state index is 14.1. The average Bonchev–Trinajstić information content (AvgIpc) is 2.64. The normalized spacial score (nSPS) is 25.4. The molecule has 2 aliphatic heterocycles. The number of nitrogens with zero attached hydrogens (tertiary/aromatic N) is 1. The van der Waals surface area contributed by atoms with Crippen molar-refractivity contribution in [1.82, 2.24) is 16.0 Å². The molecular weight excluding hydrogens is 383 g/mol. The largest absolute Gasteiger partial charge is 0.349 e. The number of halogens is 2. The third-order valence-electron chi connectivity index (χ3n) is 5.38. The third-order valence-corrected chi connectivity index (χ3v) is 5.86. The Morgan fingerprint density at radius 2 is 2.25 bits per heavy atom. The number of fused-ring (bicyclic) bond motifs is 1. The highest BCUT2D eigenvalue weighted by Gasteiger charge is 2.40. The van der Waals surface area contributed by atoms with E-state index in [-0.39, 0.29) is 47.0 Å². The van der Waals surface area contributed by atoms with Gasteiger partial charge in [-0.3, -0.25) is 9.59 Å². The van der Waals surface area contributed by atoms with E-state index in [4.69, 9.17) is 16.9 Å². The van der Waals surface area contributed by atoms with Gasteiger partial charge in [-0.2, -0.15) is 5.26 Å². The second-order valence-electron chi connectivity index (χ2n) is 7.28. The molecule has 4 atom stereocenters. The molecule has 0 aliphatic carbocycles. The lowest BCUT2D eigenvalue weighted by Gasteiger charge is -2.41. The second kappa shape index (κ2) is 8.29. The lowest BCUT2D eigenvalue weighted by Crippen LogP contribution is -2.57. The van der Waals surface area contributed by atoms with E-state index in [1.165, 1.54) is 12.1 Å². The van der Waals surface area contributed by atoms with E-state index < -0.39 is 17.8 Å². The van der Waals surface area contributed by atoms with Gasteiger partial charge in [0, 0.05) is 34.2 Å². The van der Waals surface area contributed by atoms with Crippen LogP contribution in [0.15, 0.2) is 28.8 Å². The van der Waals surface area contributed by atoms with Crippen molar-refractivity contribution >= 4 is 23.4 Å². The zero-order valence-electron chi connectivity index (χ0n) is 15.7. The van der Waals surface area contributed by atoms with Crippen LogP contribution in [0.25, 0.3) is 0 Å². The topological polar surface area (TPSA) is 94.0 Å². The maximum Gasteiger partial charge on any atom is 0.249 e. The van der Waals surface area contributed by atoms with Crippen molar-refractivity contribution in [3.05, 3.63) is 45.7 Å². The first-order valence-corrected chi connectivity index (χ1v) is 9.61. The quantitative estimate of drug-likeness (QED) is 0.717. The molecule has 1 saturated heterocycles. The monoisotopic (exact) mass is 404 g/mol. The van der Waals surface area contributed by atoms with Gasteiger partial charge in [-0.1, -0.05) is 17.7 Å². The average molecular weight is 405 g/mol. The molecule has 2 amide bonds. The first kappa shape index (κ1) is 20.3. The lowest BCUT2D eigenvalue weighted by molar-refractivity contribution is -0.124. The molecule has 3 N–H and O–H groups in total. The van der Waals surface area contributed by atoms with Crippen molar-refractivity contribution in [3.63, 3.8) is 0 Å². The van der Waals surface area contributed by atoms with Gasteiger partial charge in [0.25, 0.3) is 0 Å². The molecule has 3 rings (SSSR count). The number of rotatable bonds is 4. The minimum atomic E-state index is -0.616. The Bertz CT molecular complexity index is 879. The number of benzene rings is 1. The van der Waals surface area contributed by atoms with Gasteiger partial charge in [0.1, 0.15) is 5.82 Å². The Morgan fingerprint density at radius 3 is 2.93 bits per heavy atom. The minimum Gasteiger partial charge on any atom is -0.349 e. The molecule has 0 aromatic heterocycles. The van der Waals surface area contributed by atoms with Crippen molar-refractivity contribution in [1.29, 1.82) is 5.26 Å². The molecule has 148 valence electrons. The summed E-state index contributed by atoms with van der Waals surface area (Å²) in [5.41, 5.74) is 0.731. The highest BCUT2D eigenvalue weighted by atomic mass is 35.5. The van der Waals surface area contributed by atoms with Gasteiger partial charge in [-0.15, -0.1) is 0 Å². The summed E-state index contributed by atoms with van der Waals surface area (Å²) in [6.07, 6.45) is 0.605. The van der Waals surface area contributed by atoms with E-state index in [0.717, 1.165) is 19.0 Å². The summed E-state index contributed by atoms with van der Waals surface area (Å²) in [5.74, 6) is -1.38. The van der Waals surface area contributed by atoms with E-state index in [0.29, 0.717) is 5.03 Å². The van der Waals surface area contributed by atoms with Crippen molar-refractivity contribution in [2.24, 2.45) is 5.92 Å². The molecular formula is C20H22ClFN4O2. The summed E-state index contributed by atoms with van der Waals surface area (Å²) in [7, 11) is 0. The molecule has 1 aromatic carbocycles. The van der Waals surface area contributed by atoms with Crippen LogP contribution in [0.4, 0.5) is 4.39 Å². The predicted octanol–water partition coefficient (Wildman–Crippen LogP) is 2.25. The van der Waals surface area contributed by atoms with Crippen molar-refractivity contribution < 1.29 is 14.0 Å². The first-order chi connectivity index (χ1) is 13.3. The van der Waals surface area contributed by atoms with Gasteiger partial charge in [0.2, 0.25) is 11.8 Å². The van der Waals surface area contributed by atoms with E-state index in [2.05, 4.69) is 16.0 Å². The molecule has 2 aliphatic rings. The van der Waals surface area contributed by atoms with Crippen LogP contribution in [0.5, 0.6) is 0 Å². The summed E-state index contributed by atoms with van der Waals surface area (Å²) in [6, 6.07) is 5.40. The summed E-state index contributed by atoms with van der Waals surface area (Å²) in [4.78, 5) is 24.9. The first-order valence-electron chi connectivity index (χ1n) is 9.23. The number of nitriles is 1. The number of hydrogen-bond donors (Lipinski definition) is 3. The molecule has 0 saturated carbocycles. The summed E-state index contributed by atoms with van der Waals surface area (Å²) in [6.45, 7) is 4.45. The van der Waals surface area contributed by atoms with Crippen LogP contribution < -0.4 is 16.0 Å². The summed E-state index contributed by atoms with van der Waals surface area (Å²) < 4.78 is 14.1. The Kier molecular flexibility index (Phi) is 6.01. The number of amides is 2. The molecule has 3 unspecified atom stereocenters. The van der Waals surface area contributed by atoms with E-state index in [1.807, 2.05) is 13.0 Å². The molecule has 0 spiro atoms. The zero-order chi connectivity index (χ0) is 20.4. The molecule has 28 heavy (non-hydrogen) atoms. The predicted molar refractivity (Wildman–Crippen MR) is 103 cm³/mol. The molecule has 0 radical (unpaired) electrons. The minimum absolute atomic E-state index is 0.0327. The molecule has 8 heteroatoms. The molecule has 1 aromatic rings. The number of carbonyl (C=O) groups is 2. The van der Waals surface area contributed by atoms with Crippen molar-refractivity contribution in [2.45, 2.75) is 44.8 Å². The number of carbonyl (C=O) groups excluding carboxylic acids is 2. The molecule has 0 bridgehead atoms. The number of nitrogens with one attached hydrogen (secondary N) is 3. The van der Waals surface area contributed by atoms with Crippen LogP contribution >= 0.6 is 11.6 Å². The van der Waals surface area contributed by atoms with Crippen LogP contribution in [-0.2, 0) is 9.59 Å². The standard InChI is InChI=1S/C20H22ClFN4O2/c1-10(13-4-3-12(9-23)7-15(13)22)25-17(27)8-14-19(21)18-11(2)24-6-5-16(18)26-20(14)28/h3-4,7,10-11,16,18,24H,5-6,8H2,1-2H3,(H,25,27)(H,26,28)/t10-,11?,16?,18?/m1/s1. The Morgan fingerprint density at radius 1 is 1.50 bits per heavy atom. The SMILES string of the molecule is CC1NCCC2NC(=O)C(CC(=O)N[C@H](C)c3ccc(C#N)cc3F)=C(Cl)C12. The van der Waals surface area contributed by atoms with Crippen molar-refractivity contribution in [2.75, 3.05) is 6.54 Å². The molecule has 1 fully saturated rings. The molecule has 2 heterocycles. The van der Waals surface area contributed by atoms with Crippen LogP contribution in [-0.4, -0.2) is 30.4 Å². The zero-order valence-corrected chi connectivity index (χ0v) is 16.4.